The number of nitrogens with zero attached hydrogens (tertiary/aromatic N) is 2. The maximum absolute atomic E-state index is 2.46. The molecule has 2 nitrogen and oxygen atoms in total. The highest BCUT2D eigenvalue weighted by molar-refractivity contribution is 4.85. The van der Waals surface area contributed by atoms with Gasteiger partial charge in [-0.3, -0.25) is 0 Å². The number of hydrogen-bond donors (Lipinski definition) is 0. The van der Waals surface area contributed by atoms with E-state index in [1.807, 2.05) is 0 Å². The minimum atomic E-state index is 0.573. The van der Waals surface area contributed by atoms with E-state index in [0.29, 0.717) is 6.04 Å². The van der Waals surface area contributed by atoms with Crippen molar-refractivity contribution < 1.29 is 4.57 Å². The average Bonchev–Trinajstić information content (AvgIpc) is 2.92. The van der Waals surface area contributed by atoms with Crippen molar-refractivity contribution in [2.45, 2.75) is 111 Å². The van der Waals surface area contributed by atoms with E-state index in [1.54, 1.807) is 0 Å². The molecule has 0 atom stereocenters. The fourth-order valence-corrected chi connectivity index (χ4v) is 3.30. The second kappa shape index (κ2) is 11.7. The Bertz CT molecular complexity index is 379. The smallest absolute Gasteiger partial charge is 0.234 e. The first-order valence-electron chi connectivity index (χ1n) is 9.79. The molecular weight excluding hydrogens is 268 g/mol. The van der Waals surface area contributed by atoms with Crippen LogP contribution in [0.4, 0.5) is 0 Å². The zero-order valence-corrected chi connectivity index (χ0v) is 15.6. The predicted molar refractivity (Wildman–Crippen MR) is 96.2 cm³/mol. The SMILES string of the molecule is CCCCCCCCCCCC[n+]1ccn(C(C)C)c1CC. The Hall–Kier alpha value is -0.790. The Balaban J connectivity index is 2.10. The fourth-order valence-electron chi connectivity index (χ4n) is 3.30. The van der Waals surface area contributed by atoms with Gasteiger partial charge in [0.25, 0.3) is 5.82 Å². The summed E-state index contributed by atoms with van der Waals surface area (Å²) in [7, 11) is 0. The van der Waals surface area contributed by atoms with E-state index in [1.165, 1.54) is 76.6 Å². The standard InChI is InChI=1S/C20H39N2/c1-5-7-8-9-10-11-12-13-14-15-16-21-17-18-22(19(3)4)20(21)6-2/h17-19H,5-16H2,1-4H3/q+1. The monoisotopic (exact) mass is 307 g/mol. The van der Waals surface area contributed by atoms with Gasteiger partial charge in [0.2, 0.25) is 0 Å². The molecule has 0 aliphatic carbocycles. The van der Waals surface area contributed by atoms with Crippen LogP contribution in [0.2, 0.25) is 0 Å². The molecule has 0 N–H and O–H groups in total. The van der Waals surface area contributed by atoms with Crippen LogP contribution in [-0.2, 0) is 13.0 Å². The van der Waals surface area contributed by atoms with E-state index in [4.69, 9.17) is 0 Å². The quantitative estimate of drug-likeness (QED) is 0.320. The number of aromatic nitrogens is 2. The van der Waals surface area contributed by atoms with Gasteiger partial charge in [-0.05, 0) is 26.7 Å². The molecule has 0 aliphatic rings. The number of imidazole rings is 1. The Morgan fingerprint density at radius 3 is 1.91 bits per heavy atom. The molecule has 0 saturated heterocycles. The van der Waals surface area contributed by atoms with Crippen molar-refractivity contribution in [3.8, 4) is 0 Å². The maximum atomic E-state index is 2.46. The van der Waals surface area contributed by atoms with Crippen LogP contribution in [-0.4, -0.2) is 4.57 Å². The van der Waals surface area contributed by atoms with Crippen LogP contribution in [0.1, 0.15) is 104 Å². The lowest BCUT2D eigenvalue weighted by atomic mass is 10.1. The first-order valence-corrected chi connectivity index (χ1v) is 9.79. The van der Waals surface area contributed by atoms with Crippen LogP contribution in [0.15, 0.2) is 12.4 Å². The van der Waals surface area contributed by atoms with Gasteiger partial charge in [-0.15, -0.1) is 0 Å². The largest absolute Gasteiger partial charge is 0.256 e. The third-order valence-corrected chi connectivity index (χ3v) is 4.66. The average molecular weight is 308 g/mol. The van der Waals surface area contributed by atoms with Gasteiger partial charge < -0.3 is 0 Å². The molecule has 1 heterocycles. The second-order valence-electron chi connectivity index (χ2n) is 6.94. The minimum absolute atomic E-state index is 0.573. The molecule has 128 valence electrons. The summed E-state index contributed by atoms with van der Waals surface area (Å²) >= 11 is 0. The highest BCUT2D eigenvalue weighted by Crippen LogP contribution is 2.11. The molecule has 1 aromatic heterocycles. The van der Waals surface area contributed by atoms with Crippen LogP contribution in [0.5, 0.6) is 0 Å². The van der Waals surface area contributed by atoms with Gasteiger partial charge in [0, 0.05) is 6.42 Å². The Morgan fingerprint density at radius 1 is 0.864 bits per heavy atom. The van der Waals surface area contributed by atoms with Gasteiger partial charge in [-0.25, -0.2) is 9.13 Å². The number of unbranched alkanes of at least 4 members (excludes halogenated alkanes) is 9. The number of hydrogen-bond acceptors (Lipinski definition) is 0. The summed E-state index contributed by atoms with van der Waals surface area (Å²) in [4.78, 5) is 0. The zero-order valence-electron chi connectivity index (χ0n) is 15.6. The van der Waals surface area contributed by atoms with Crippen molar-refractivity contribution in [2.75, 3.05) is 0 Å². The summed E-state index contributed by atoms with van der Waals surface area (Å²) in [5.41, 5.74) is 0. The van der Waals surface area contributed by atoms with Crippen LogP contribution < -0.4 is 4.57 Å². The summed E-state index contributed by atoms with van der Waals surface area (Å²) in [6.07, 6.45) is 19.8. The van der Waals surface area contributed by atoms with Gasteiger partial charge in [0.1, 0.15) is 12.4 Å². The summed E-state index contributed by atoms with van der Waals surface area (Å²) in [6, 6.07) is 0.573. The summed E-state index contributed by atoms with van der Waals surface area (Å²) in [5.74, 6) is 1.48. The van der Waals surface area contributed by atoms with Gasteiger partial charge in [-0.1, -0.05) is 65.2 Å². The second-order valence-corrected chi connectivity index (χ2v) is 6.94. The highest BCUT2D eigenvalue weighted by Gasteiger charge is 2.16. The molecule has 2 heteroatoms. The number of aryl methyl sites for hydroxylation is 1. The molecule has 0 spiro atoms. The third-order valence-electron chi connectivity index (χ3n) is 4.66. The molecule has 0 unspecified atom stereocenters. The van der Waals surface area contributed by atoms with Gasteiger partial charge in [0.05, 0.1) is 12.6 Å². The van der Waals surface area contributed by atoms with Crippen molar-refractivity contribution in [3.05, 3.63) is 18.2 Å². The van der Waals surface area contributed by atoms with Gasteiger partial charge >= 0.3 is 0 Å². The van der Waals surface area contributed by atoms with E-state index in [-0.39, 0.29) is 0 Å². The van der Waals surface area contributed by atoms with Crippen molar-refractivity contribution in [3.63, 3.8) is 0 Å². The van der Waals surface area contributed by atoms with Gasteiger partial charge in [0.15, 0.2) is 0 Å². The van der Waals surface area contributed by atoms with Crippen molar-refractivity contribution in [1.29, 1.82) is 0 Å². The molecule has 0 aliphatic heterocycles. The third kappa shape index (κ3) is 6.98. The molecule has 0 fully saturated rings. The maximum Gasteiger partial charge on any atom is 0.256 e. The van der Waals surface area contributed by atoms with E-state index >= 15 is 0 Å². The first kappa shape index (κ1) is 19.3. The predicted octanol–water partition coefficient (Wildman–Crippen LogP) is 5.84. The first-order chi connectivity index (χ1) is 10.7. The highest BCUT2D eigenvalue weighted by atomic mass is 15.2. The topological polar surface area (TPSA) is 8.81 Å². The Kier molecular flexibility index (Phi) is 10.3. The van der Waals surface area contributed by atoms with Crippen LogP contribution in [0, 0.1) is 0 Å². The van der Waals surface area contributed by atoms with E-state index in [9.17, 15) is 0 Å². The lowest BCUT2D eigenvalue weighted by Crippen LogP contribution is -2.37. The van der Waals surface area contributed by atoms with Crippen LogP contribution in [0.3, 0.4) is 0 Å². The molecule has 22 heavy (non-hydrogen) atoms. The van der Waals surface area contributed by atoms with Crippen LogP contribution in [0.25, 0.3) is 0 Å². The molecule has 1 rings (SSSR count). The van der Waals surface area contributed by atoms with E-state index < -0.39 is 0 Å². The van der Waals surface area contributed by atoms with E-state index in [2.05, 4.69) is 49.2 Å². The van der Waals surface area contributed by atoms with Crippen molar-refractivity contribution in [1.82, 2.24) is 4.57 Å². The lowest BCUT2D eigenvalue weighted by molar-refractivity contribution is -0.704. The molecule has 0 amide bonds. The van der Waals surface area contributed by atoms with Crippen LogP contribution >= 0.6 is 0 Å². The molecule has 0 radical (unpaired) electrons. The normalized spacial score (nSPS) is 11.5. The summed E-state index contributed by atoms with van der Waals surface area (Å²) in [5, 5.41) is 0. The van der Waals surface area contributed by atoms with E-state index in [0.717, 1.165) is 6.42 Å². The Labute approximate surface area is 138 Å². The van der Waals surface area contributed by atoms with Crippen molar-refractivity contribution >= 4 is 0 Å². The summed E-state index contributed by atoms with van der Waals surface area (Å²) < 4.78 is 4.88. The number of rotatable bonds is 13. The molecule has 0 bridgehead atoms. The summed E-state index contributed by atoms with van der Waals surface area (Å²) in [6.45, 7) is 10.3. The minimum Gasteiger partial charge on any atom is -0.234 e. The zero-order chi connectivity index (χ0) is 16.2. The van der Waals surface area contributed by atoms with Crippen molar-refractivity contribution in [2.24, 2.45) is 0 Å². The molecule has 0 saturated carbocycles. The van der Waals surface area contributed by atoms with Gasteiger partial charge in [-0.2, -0.15) is 0 Å². The molecule has 1 aromatic rings. The molecule has 0 aromatic carbocycles. The Morgan fingerprint density at radius 2 is 1.41 bits per heavy atom. The molecular formula is C20H39N2+. The fraction of sp³-hybridized carbons (Fsp3) is 0.850. The lowest BCUT2D eigenvalue weighted by Gasteiger charge is -2.06.